The number of ketones is 1. The molecule has 1 aliphatic rings. The van der Waals surface area contributed by atoms with Crippen LogP contribution in [0.3, 0.4) is 0 Å². The zero-order valence-electron chi connectivity index (χ0n) is 8.54. The van der Waals surface area contributed by atoms with E-state index >= 15 is 0 Å². The van der Waals surface area contributed by atoms with Gasteiger partial charge in [-0.05, 0) is 30.5 Å². The number of Topliss-reactive ketones (excluding diaryl/α,β-unsaturated/α-hetero) is 1. The number of methoxy groups -OCH3 is 1. The monoisotopic (exact) mass is 190 g/mol. The molecule has 2 nitrogen and oxygen atoms in total. The fourth-order valence-electron chi connectivity index (χ4n) is 2.00. The van der Waals surface area contributed by atoms with Gasteiger partial charge in [0.25, 0.3) is 0 Å². The van der Waals surface area contributed by atoms with Crippen LogP contribution in [0.25, 0.3) is 0 Å². The predicted molar refractivity (Wildman–Crippen MR) is 54.8 cm³/mol. The van der Waals surface area contributed by atoms with E-state index in [1.807, 2.05) is 18.2 Å². The number of benzene rings is 1. The second-order valence-electron chi connectivity index (χ2n) is 3.70. The summed E-state index contributed by atoms with van der Waals surface area (Å²) in [6.07, 6.45) is 1.82. The first-order valence-corrected chi connectivity index (χ1v) is 4.97. The van der Waals surface area contributed by atoms with Gasteiger partial charge in [-0.15, -0.1) is 0 Å². The highest BCUT2D eigenvalue weighted by molar-refractivity contribution is 6.02. The van der Waals surface area contributed by atoms with Crippen LogP contribution < -0.4 is 4.74 Å². The molecule has 1 atom stereocenters. The van der Waals surface area contributed by atoms with Gasteiger partial charge in [-0.1, -0.05) is 13.0 Å². The molecule has 0 saturated heterocycles. The number of rotatable bonds is 2. The Morgan fingerprint density at radius 1 is 1.50 bits per heavy atom. The lowest BCUT2D eigenvalue weighted by molar-refractivity contribution is 0.0934. The minimum Gasteiger partial charge on any atom is -0.497 e. The first-order valence-electron chi connectivity index (χ1n) is 4.97. The Kier molecular flexibility index (Phi) is 2.28. The van der Waals surface area contributed by atoms with Gasteiger partial charge < -0.3 is 4.74 Å². The van der Waals surface area contributed by atoms with Crippen LogP contribution in [0.1, 0.15) is 29.3 Å². The highest BCUT2D eigenvalue weighted by Crippen LogP contribution is 2.31. The van der Waals surface area contributed by atoms with Gasteiger partial charge in [0.2, 0.25) is 0 Å². The maximum atomic E-state index is 11.8. The van der Waals surface area contributed by atoms with E-state index in [0.717, 1.165) is 24.2 Å². The molecule has 1 unspecified atom stereocenters. The largest absolute Gasteiger partial charge is 0.497 e. The molecule has 1 aromatic rings. The lowest BCUT2D eigenvalue weighted by atomic mass is 10.0. The Morgan fingerprint density at radius 3 is 2.93 bits per heavy atom. The first kappa shape index (κ1) is 9.25. The Balaban J connectivity index is 2.40. The highest BCUT2D eigenvalue weighted by atomic mass is 16.5. The molecule has 0 amide bonds. The van der Waals surface area contributed by atoms with Gasteiger partial charge >= 0.3 is 0 Å². The van der Waals surface area contributed by atoms with Crippen molar-refractivity contribution in [3.63, 3.8) is 0 Å². The Bertz CT molecular complexity index is 369. The van der Waals surface area contributed by atoms with Crippen molar-refractivity contribution in [2.24, 2.45) is 5.92 Å². The summed E-state index contributed by atoms with van der Waals surface area (Å²) >= 11 is 0. The SMILES string of the molecule is CCC1Cc2ccc(OC)cc2C1=O. The topological polar surface area (TPSA) is 26.3 Å². The molecule has 0 bridgehead atoms. The molecule has 74 valence electrons. The number of carbonyl (C=O) groups excluding carboxylic acids is 1. The van der Waals surface area contributed by atoms with Crippen LogP contribution >= 0.6 is 0 Å². The summed E-state index contributed by atoms with van der Waals surface area (Å²) in [4.78, 5) is 11.8. The summed E-state index contributed by atoms with van der Waals surface area (Å²) in [5.74, 6) is 1.24. The van der Waals surface area contributed by atoms with Crippen molar-refractivity contribution in [3.05, 3.63) is 29.3 Å². The molecule has 0 fully saturated rings. The van der Waals surface area contributed by atoms with Crippen LogP contribution in [0.5, 0.6) is 5.75 Å². The normalized spacial score (nSPS) is 19.6. The van der Waals surface area contributed by atoms with E-state index in [1.165, 1.54) is 5.56 Å². The molecule has 14 heavy (non-hydrogen) atoms. The molecular weight excluding hydrogens is 176 g/mol. The van der Waals surface area contributed by atoms with Crippen molar-refractivity contribution in [2.45, 2.75) is 19.8 Å². The van der Waals surface area contributed by atoms with Gasteiger partial charge in [-0.2, -0.15) is 0 Å². The Hall–Kier alpha value is -1.31. The van der Waals surface area contributed by atoms with E-state index in [1.54, 1.807) is 7.11 Å². The first-order chi connectivity index (χ1) is 6.76. The molecule has 1 aromatic carbocycles. The second kappa shape index (κ2) is 3.45. The van der Waals surface area contributed by atoms with Gasteiger partial charge in [0.15, 0.2) is 5.78 Å². The molecule has 0 radical (unpaired) electrons. The van der Waals surface area contributed by atoms with Crippen LogP contribution in [0, 0.1) is 5.92 Å². The van der Waals surface area contributed by atoms with Crippen LogP contribution in [0.2, 0.25) is 0 Å². The molecule has 0 spiro atoms. The van der Waals surface area contributed by atoms with Crippen molar-refractivity contribution >= 4 is 5.78 Å². The van der Waals surface area contributed by atoms with Crippen LogP contribution in [-0.4, -0.2) is 12.9 Å². The van der Waals surface area contributed by atoms with Gasteiger partial charge in [-0.3, -0.25) is 4.79 Å². The lowest BCUT2D eigenvalue weighted by Crippen LogP contribution is -2.06. The maximum absolute atomic E-state index is 11.8. The summed E-state index contributed by atoms with van der Waals surface area (Å²) in [6.45, 7) is 2.06. The number of hydrogen-bond acceptors (Lipinski definition) is 2. The minimum atomic E-state index is 0.192. The fraction of sp³-hybridized carbons (Fsp3) is 0.417. The third-order valence-electron chi connectivity index (χ3n) is 2.91. The molecule has 2 rings (SSSR count). The van der Waals surface area contributed by atoms with Crippen molar-refractivity contribution in [2.75, 3.05) is 7.11 Å². The van der Waals surface area contributed by atoms with Crippen LogP contribution in [0.4, 0.5) is 0 Å². The molecular formula is C12H14O2. The maximum Gasteiger partial charge on any atom is 0.166 e. The van der Waals surface area contributed by atoms with Crippen molar-refractivity contribution in [3.8, 4) is 5.75 Å². The van der Waals surface area contributed by atoms with E-state index in [9.17, 15) is 4.79 Å². The zero-order valence-corrected chi connectivity index (χ0v) is 8.54. The van der Waals surface area contributed by atoms with E-state index in [0.29, 0.717) is 0 Å². The van der Waals surface area contributed by atoms with Crippen molar-refractivity contribution in [1.82, 2.24) is 0 Å². The van der Waals surface area contributed by atoms with E-state index in [2.05, 4.69) is 6.92 Å². The van der Waals surface area contributed by atoms with Crippen LogP contribution in [-0.2, 0) is 6.42 Å². The van der Waals surface area contributed by atoms with E-state index in [-0.39, 0.29) is 11.7 Å². The average Bonchev–Trinajstić information content (AvgIpc) is 2.55. The molecule has 0 N–H and O–H groups in total. The third-order valence-corrected chi connectivity index (χ3v) is 2.91. The summed E-state index contributed by atoms with van der Waals surface area (Å²) in [5, 5.41) is 0. The van der Waals surface area contributed by atoms with Gasteiger partial charge in [0.1, 0.15) is 5.75 Å². The van der Waals surface area contributed by atoms with Crippen molar-refractivity contribution < 1.29 is 9.53 Å². The standard InChI is InChI=1S/C12H14O2/c1-3-8-6-9-4-5-10(14-2)7-11(9)12(8)13/h4-5,7-8H,3,6H2,1-2H3. The molecule has 0 saturated carbocycles. The van der Waals surface area contributed by atoms with Crippen molar-refractivity contribution in [1.29, 1.82) is 0 Å². The summed E-state index contributed by atoms with van der Waals surface area (Å²) < 4.78 is 5.10. The van der Waals surface area contributed by atoms with Gasteiger partial charge in [-0.25, -0.2) is 0 Å². The molecule has 1 aliphatic carbocycles. The number of hydrogen-bond donors (Lipinski definition) is 0. The van der Waals surface area contributed by atoms with E-state index < -0.39 is 0 Å². The number of carbonyl (C=O) groups is 1. The average molecular weight is 190 g/mol. The molecule has 0 aromatic heterocycles. The zero-order chi connectivity index (χ0) is 10.1. The molecule has 2 heteroatoms. The molecule has 0 heterocycles. The quantitative estimate of drug-likeness (QED) is 0.716. The Morgan fingerprint density at radius 2 is 2.29 bits per heavy atom. The lowest BCUT2D eigenvalue weighted by Gasteiger charge is -2.01. The highest BCUT2D eigenvalue weighted by Gasteiger charge is 2.29. The summed E-state index contributed by atoms with van der Waals surface area (Å²) in [7, 11) is 1.62. The summed E-state index contributed by atoms with van der Waals surface area (Å²) in [5.41, 5.74) is 2.03. The van der Waals surface area contributed by atoms with E-state index in [4.69, 9.17) is 4.74 Å². The third kappa shape index (κ3) is 1.31. The number of ether oxygens (including phenoxy) is 1. The Labute approximate surface area is 83.9 Å². The summed E-state index contributed by atoms with van der Waals surface area (Å²) in [6, 6.07) is 5.78. The van der Waals surface area contributed by atoms with Gasteiger partial charge in [0, 0.05) is 11.5 Å². The smallest absolute Gasteiger partial charge is 0.166 e. The van der Waals surface area contributed by atoms with Gasteiger partial charge in [0.05, 0.1) is 7.11 Å². The molecule has 0 aliphatic heterocycles. The second-order valence-corrected chi connectivity index (χ2v) is 3.70. The van der Waals surface area contributed by atoms with Crippen LogP contribution in [0.15, 0.2) is 18.2 Å². The number of fused-ring (bicyclic) bond motifs is 1. The predicted octanol–water partition coefficient (Wildman–Crippen LogP) is 2.46. The minimum absolute atomic E-state index is 0.192. The fourth-order valence-corrected chi connectivity index (χ4v) is 2.00.